The summed E-state index contributed by atoms with van der Waals surface area (Å²) in [5.41, 5.74) is 2.59. The second-order valence-corrected chi connectivity index (χ2v) is 7.14. The van der Waals surface area contributed by atoms with E-state index in [1.807, 2.05) is 0 Å². The fraction of sp³-hybridized carbons (Fsp3) is 0.333. The summed E-state index contributed by atoms with van der Waals surface area (Å²) >= 11 is 0. The van der Waals surface area contributed by atoms with Crippen LogP contribution in [-0.2, 0) is 4.74 Å². The minimum atomic E-state index is 0.124. The summed E-state index contributed by atoms with van der Waals surface area (Å²) in [6, 6.07) is 21.5. The Morgan fingerprint density at radius 1 is 0.640 bits per heavy atom. The molecule has 0 fully saturated rings. The van der Waals surface area contributed by atoms with Gasteiger partial charge >= 0.3 is 0 Å². The van der Waals surface area contributed by atoms with Crippen molar-refractivity contribution in [2.45, 2.75) is 37.9 Å². The number of hydrogen-bond donors (Lipinski definition) is 0. The van der Waals surface area contributed by atoms with Crippen LogP contribution in [0.25, 0.3) is 0 Å². The van der Waals surface area contributed by atoms with E-state index in [0.29, 0.717) is 11.8 Å². The van der Waals surface area contributed by atoms with Gasteiger partial charge in [0.15, 0.2) is 0 Å². The van der Waals surface area contributed by atoms with Gasteiger partial charge in [0.2, 0.25) is 0 Å². The molecular formula is C24H26O. The van der Waals surface area contributed by atoms with E-state index in [2.05, 4.69) is 85.0 Å². The van der Waals surface area contributed by atoms with E-state index < -0.39 is 0 Å². The Bertz CT molecular complexity index is 653. The van der Waals surface area contributed by atoms with Crippen molar-refractivity contribution in [1.29, 1.82) is 0 Å². The molecule has 1 heteroatoms. The van der Waals surface area contributed by atoms with Crippen molar-refractivity contribution in [2.75, 3.05) is 0 Å². The predicted octanol–water partition coefficient (Wildman–Crippen LogP) is 6.42. The molecule has 4 rings (SSSR count). The van der Waals surface area contributed by atoms with Crippen molar-refractivity contribution in [2.24, 2.45) is 11.8 Å². The largest absolute Gasteiger partial charge is 0.364 e. The summed E-state index contributed by atoms with van der Waals surface area (Å²) in [5.74, 6) is 0.943. The van der Waals surface area contributed by atoms with Crippen LogP contribution in [0.15, 0.2) is 85.0 Å². The first-order valence-corrected chi connectivity index (χ1v) is 9.50. The maximum atomic E-state index is 6.89. The predicted molar refractivity (Wildman–Crippen MR) is 103 cm³/mol. The Labute approximate surface area is 151 Å². The van der Waals surface area contributed by atoms with Gasteiger partial charge in [-0.25, -0.2) is 0 Å². The first kappa shape index (κ1) is 16.4. The molecule has 0 saturated heterocycles. The maximum Gasteiger partial charge on any atom is 0.0896 e. The Kier molecular flexibility index (Phi) is 5.13. The number of benzene rings is 2. The van der Waals surface area contributed by atoms with Gasteiger partial charge in [-0.15, -0.1) is 0 Å². The van der Waals surface area contributed by atoms with E-state index in [9.17, 15) is 0 Å². The summed E-state index contributed by atoms with van der Waals surface area (Å²) in [5, 5.41) is 0. The van der Waals surface area contributed by atoms with Gasteiger partial charge < -0.3 is 4.74 Å². The Morgan fingerprint density at radius 2 is 1.08 bits per heavy atom. The van der Waals surface area contributed by atoms with E-state index in [4.69, 9.17) is 4.74 Å². The molecule has 4 unspecified atom stereocenters. The van der Waals surface area contributed by atoms with Crippen LogP contribution < -0.4 is 0 Å². The van der Waals surface area contributed by atoms with Crippen LogP contribution in [0.1, 0.15) is 49.0 Å². The second-order valence-electron chi connectivity index (χ2n) is 7.14. The molecule has 0 bridgehead atoms. The summed E-state index contributed by atoms with van der Waals surface area (Å²) < 4.78 is 6.89. The zero-order chi connectivity index (χ0) is 16.9. The molecule has 0 heterocycles. The summed E-state index contributed by atoms with van der Waals surface area (Å²) in [6.45, 7) is 0. The van der Waals surface area contributed by atoms with E-state index in [0.717, 1.165) is 12.8 Å². The van der Waals surface area contributed by atoms with Crippen molar-refractivity contribution >= 4 is 0 Å². The molecule has 0 aliphatic heterocycles. The summed E-state index contributed by atoms with van der Waals surface area (Å²) in [7, 11) is 0. The SMILES string of the molecule is C1=CC(C(OC(c2ccccc2)C2C=CCC2)c2ccccc2)CC1. The smallest absolute Gasteiger partial charge is 0.0896 e. The highest BCUT2D eigenvalue weighted by Gasteiger charge is 2.31. The van der Waals surface area contributed by atoms with Crippen molar-refractivity contribution in [3.8, 4) is 0 Å². The monoisotopic (exact) mass is 330 g/mol. The number of hydrogen-bond acceptors (Lipinski definition) is 1. The van der Waals surface area contributed by atoms with Gasteiger partial charge in [0.1, 0.15) is 0 Å². The first-order valence-electron chi connectivity index (χ1n) is 9.50. The van der Waals surface area contributed by atoms with Crippen molar-refractivity contribution in [3.63, 3.8) is 0 Å². The fourth-order valence-corrected chi connectivity index (χ4v) is 4.11. The van der Waals surface area contributed by atoms with Crippen LogP contribution in [0.2, 0.25) is 0 Å². The van der Waals surface area contributed by atoms with E-state index in [1.165, 1.54) is 24.0 Å². The molecule has 0 radical (unpaired) electrons. The van der Waals surface area contributed by atoms with E-state index in [-0.39, 0.29) is 12.2 Å². The number of allylic oxidation sites excluding steroid dienone is 2. The lowest BCUT2D eigenvalue weighted by Crippen LogP contribution is -2.21. The minimum Gasteiger partial charge on any atom is -0.364 e. The standard InChI is InChI=1S/C24H26O/c1-3-11-19(12-4-1)23(21-15-7-8-16-21)25-24(22-17-9-10-18-22)20-13-5-2-6-14-20/h1-7,9,11-15,17,21-24H,8,10,16,18H2. The normalized spacial score (nSPS) is 24.5. The van der Waals surface area contributed by atoms with Gasteiger partial charge in [-0.05, 0) is 36.8 Å². The number of ether oxygens (including phenoxy) is 1. The molecule has 0 N–H and O–H groups in total. The lowest BCUT2D eigenvalue weighted by molar-refractivity contribution is -0.0566. The Balaban J connectivity index is 1.65. The summed E-state index contributed by atoms with van der Waals surface area (Å²) in [4.78, 5) is 0. The topological polar surface area (TPSA) is 9.23 Å². The third-order valence-corrected chi connectivity index (χ3v) is 5.43. The zero-order valence-corrected chi connectivity index (χ0v) is 14.6. The molecule has 2 aromatic rings. The van der Waals surface area contributed by atoms with Crippen LogP contribution in [0, 0.1) is 11.8 Å². The molecule has 128 valence electrons. The van der Waals surface area contributed by atoms with Gasteiger partial charge in [-0.3, -0.25) is 0 Å². The molecule has 2 aromatic carbocycles. The first-order chi connectivity index (χ1) is 12.4. The number of rotatable bonds is 6. The minimum absolute atomic E-state index is 0.124. The highest BCUT2D eigenvalue weighted by atomic mass is 16.5. The van der Waals surface area contributed by atoms with Gasteiger partial charge in [0, 0.05) is 11.8 Å². The van der Waals surface area contributed by atoms with Crippen molar-refractivity contribution in [1.82, 2.24) is 0 Å². The Morgan fingerprint density at radius 3 is 1.44 bits per heavy atom. The summed E-state index contributed by atoms with van der Waals surface area (Å²) in [6.07, 6.45) is 14.2. The van der Waals surface area contributed by atoms with Gasteiger partial charge in [0.05, 0.1) is 12.2 Å². The molecule has 1 nitrogen and oxygen atoms in total. The molecular weight excluding hydrogens is 304 g/mol. The fourth-order valence-electron chi connectivity index (χ4n) is 4.11. The molecule has 0 spiro atoms. The van der Waals surface area contributed by atoms with Crippen LogP contribution >= 0.6 is 0 Å². The lowest BCUT2D eigenvalue weighted by Gasteiger charge is -2.32. The van der Waals surface area contributed by atoms with Crippen molar-refractivity contribution < 1.29 is 4.74 Å². The zero-order valence-electron chi connectivity index (χ0n) is 14.6. The molecule has 0 aromatic heterocycles. The second kappa shape index (κ2) is 7.84. The third-order valence-electron chi connectivity index (χ3n) is 5.43. The molecule has 2 aliphatic carbocycles. The van der Waals surface area contributed by atoms with Gasteiger partial charge in [0.25, 0.3) is 0 Å². The van der Waals surface area contributed by atoms with Crippen LogP contribution in [0.5, 0.6) is 0 Å². The molecule has 4 atom stereocenters. The highest BCUT2D eigenvalue weighted by molar-refractivity contribution is 5.24. The lowest BCUT2D eigenvalue weighted by atomic mass is 9.91. The van der Waals surface area contributed by atoms with Crippen LogP contribution in [0.4, 0.5) is 0 Å². The average Bonchev–Trinajstić information content (AvgIpc) is 3.38. The van der Waals surface area contributed by atoms with Gasteiger partial charge in [-0.2, -0.15) is 0 Å². The van der Waals surface area contributed by atoms with Crippen molar-refractivity contribution in [3.05, 3.63) is 96.1 Å². The van der Waals surface area contributed by atoms with Gasteiger partial charge in [-0.1, -0.05) is 85.0 Å². The molecule has 25 heavy (non-hydrogen) atoms. The molecule has 0 saturated carbocycles. The molecule has 2 aliphatic rings. The van der Waals surface area contributed by atoms with Crippen LogP contribution in [0.3, 0.4) is 0 Å². The van der Waals surface area contributed by atoms with E-state index in [1.54, 1.807) is 0 Å². The quantitative estimate of drug-likeness (QED) is 0.555. The third kappa shape index (κ3) is 3.77. The molecule has 0 amide bonds. The van der Waals surface area contributed by atoms with Crippen LogP contribution in [-0.4, -0.2) is 0 Å². The maximum absolute atomic E-state index is 6.89. The average molecular weight is 330 g/mol. The highest BCUT2D eigenvalue weighted by Crippen LogP contribution is 2.42. The van der Waals surface area contributed by atoms with E-state index >= 15 is 0 Å². The Hall–Kier alpha value is -2.12.